The molecule has 0 fully saturated rings. The summed E-state index contributed by atoms with van der Waals surface area (Å²) in [4.78, 5) is 23.0. The van der Waals surface area contributed by atoms with E-state index in [9.17, 15) is 9.59 Å². The highest BCUT2D eigenvalue weighted by atomic mass is 16.5. The van der Waals surface area contributed by atoms with Gasteiger partial charge in [0.05, 0.1) is 13.0 Å². The Hall–Kier alpha value is -1.88. The van der Waals surface area contributed by atoms with Crippen molar-refractivity contribution in [2.75, 3.05) is 13.2 Å². The third kappa shape index (κ3) is 7.46. The molecule has 3 N–H and O–H groups in total. The van der Waals surface area contributed by atoms with E-state index in [0.717, 1.165) is 18.4 Å². The van der Waals surface area contributed by atoms with E-state index in [4.69, 9.17) is 10.5 Å². The van der Waals surface area contributed by atoms with Crippen LogP contribution in [0.4, 0.5) is 0 Å². The van der Waals surface area contributed by atoms with Gasteiger partial charge in [-0.15, -0.1) is 0 Å². The fourth-order valence-corrected chi connectivity index (χ4v) is 1.93. The van der Waals surface area contributed by atoms with Crippen molar-refractivity contribution in [2.45, 2.75) is 38.6 Å². The Labute approximate surface area is 125 Å². The van der Waals surface area contributed by atoms with Gasteiger partial charge in [0.15, 0.2) is 0 Å². The fraction of sp³-hybridized carbons (Fsp3) is 0.500. The molecule has 0 heterocycles. The van der Waals surface area contributed by atoms with Crippen LogP contribution < -0.4 is 11.1 Å². The van der Waals surface area contributed by atoms with E-state index in [1.165, 1.54) is 0 Å². The third-order valence-corrected chi connectivity index (χ3v) is 3.06. The Morgan fingerprint density at radius 3 is 2.62 bits per heavy atom. The molecule has 0 aliphatic carbocycles. The molecule has 1 aromatic carbocycles. The lowest BCUT2D eigenvalue weighted by molar-refractivity contribution is -0.144. The minimum Gasteiger partial charge on any atom is -0.465 e. The summed E-state index contributed by atoms with van der Waals surface area (Å²) < 4.78 is 4.83. The molecule has 0 radical (unpaired) electrons. The molecule has 0 aliphatic heterocycles. The van der Waals surface area contributed by atoms with Crippen LogP contribution in [0.2, 0.25) is 0 Å². The number of hydrogen-bond acceptors (Lipinski definition) is 4. The maximum Gasteiger partial charge on any atom is 0.322 e. The number of nitrogens with one attached hydrogen (secondary N) is 1. The molecule has 1 atom stereocenters. The summed E-state index contributed by atoms with van der Waals surface area (Å²) in [5, 5.41) is 2.86. The van der Waals surface area contributed by atoms with Gasteiger partial charge in [0.25, 0.3) is 0 Å². The van der Waals surface area contributed by atoms with Gasteiger partial charge in [-0.05, 0) is 31.7 Å². The van der Waals surface area contributed by atoms with Crippen molar-refractivity contribution in [1.82, 2.24) is 5.32 Å². The first-order valence-electron chi connectivity index (χ1n) is 7.36. The van der Waals surface area contributed by atoms with E-state index >= 15 is 0 Å². The summed E-state index contributed by atoms with van der Waals surface area (Å²) in [5.74, 6) is -0.346. The largest absolute Gasteiger partial charge is 0.465 e. The molecule has 5 nitrogen and oxygen atoms in total. The van der Waals surface area contributed by atoms with E-state index in [1.54, 1.807) is 6.92 Å². The minimum atomic E-state index is -0.565. The number of ether oxygens (including phenoxy) is 1. The molecule has 0 aliphatic rings. The minimum absolute atomic E-state index is 0.0101. The van der Waals surface area contributed by atoms with Gasteiger partial charge in [0.2, 0.25) is 5.91 Å². The molecule has 1 aromatic rings. The molecule has 0 spiro atoms. The van der Waals surface area contributed by atoms with Crippen LogP contribution in [0.25, 0.3) is 0 Å². The van der Waals surface area contributed by atoms with Gasteiger partial charge in [0.1, 0.15) is 6.04 Å². The monoisotopic (exact) mass is 292 g/mol. The van der Waals surface area contributed by atoms with Crippen LogP contribution in [0.15, 0.2) is 30.3 Å². The number of carbonyl (C=O) groups excluding carboxylic acids is 2. The Kier molecular flexibility index (Phi) is 8.12. The molecular formula is C16H24N2O3. The smallest absolute Gasteiger partial charge is 0.322 e. The highest BCUT2D eigenvalue weighted by Crippen LogP contribution is 2.01. The standard InChI is InChI=1S/C16H24N2O3/c1-2-21-16(20)14(17)10-6-7-11-18-15(19)12-13-8-4-3-5-9-13/h3-5,8-9,14H,2,6-7,10-12,17H2,1H3,(H,18,19)/t14-/m0/s1. The van der Waals surface area contributed by atoms with E-state index < -0.39 is 6.04 Å². The Morgan fingerprint density at radius 1 is 1.24 bits per heavy atom. The summed E-state index contributed by atoms with van der Waals surface area (Å²) in [7, 11) is 0. The zero-order valence-corrected chi connectivity index (χ0v) is 12.5. The first kappa shape index (κ1) is 17.2. The van der Waals surface area contributed by atoms with Crippen molar-refractivity contribution >= 4 is 11.9 Å². The van der Waals surface area contributed by atoms with Crippen LogP contribution >= 0.6 is 0 Å². The van der Waals surface area contributed by atoms with Gasteiger partial charge >= 0.3 is 5.97 Å². The van der Waals surface area contributed by atoms with E-state index in [0.29, 0.717) is 26.0 Å². The predicted molar refractivity (Wildman–Crippen MR) is 81.6 cm³/mol. The quantitative estimate of drug-likeness (QED) is 0.532. The topological polar surface area (TPSA) is 81.4 Å². The summed E-state index contributed by atoms with van der Waals surface area (Å²) in [6, 6.07) is 9.05. The normalized spacial score (nSPS) is 11.7. The molecule has 21 heavy (non-hydrogen) atoms. The number of nitrogens with two attached hydrogens (primary N) is 1. The van der Waals surface area contributed by atoms with Crippen molar-refractivity contribution < 1.29 is 14.3 Å². The highest BCUT2D eigenvalue weighted by molar-refractivity contribution is 5.78. The summed E-state index contributed by atoms with van der Waals surface area (Å²) >= 11 is 0. The Bertz CT molecular complexity index is 434. The number of rotatable bonds is 9. The lowest BCUT2D eigenvalue weighted by Crippen LogP contribution is -2.32. The maximum atomic E-state index is 11.7. The van der Waals surface area contributed by atoms with Gasteiger partial charge in [-0.1, -0.05) is 30.3 Å². The number of carbonyl (C=O) groups is 2. The second-order valence-corrected chi connectivity index (χ2v) is 4.87. The molecule has 5 heteroatoms. The van der Waals surface area contributed by atoms with Crippen molar-refractivity contribution in [3.63, 3.8) is 0 Å². The average Bonchev–Trinajstić information content (AvgIpc) is 2.48. The van der Waals surface area contributed by atoms with Crippen LogP contribution in [-0.4, -0.2) is 31.1 Å². The van der Waals surface area contributed by atoms with Crippen LogP contribution in [-0.2, 0) is 20.7 Å². The van der Waals surface area contributed by atoms with E-state index in [-0.39, 0.29) is 11.9 Å². The fourth-order valence-electron chi connectivity index (χ4n) is 1.93. The lowest BCUT2D eigenvalue weighted by atomic mass is 10.1. The van der Waals surface area contributed by atoms with Crippen LogP contribution in [0.3, 0.4) is 0 Å². The average molecular weight is 292 g/mol. The van der Waals surface area contributed by atoms with E-state index in [1.807, 2.05) is 30.3 Å². The molecule has 0 aromatic heterocycles. The number of unbranched alkanes of at least 4 members (excludes halogenated alkanes) is 1. The number of amides is 1. The zero-order chi connectivity index (χ0) is 15.5. The molecular weight excluding hydrogens is 268 g/mol. The highest BCUT2D eigenvalue weighted by Gasteiger charge is 2.13. The van der Waals surface area contributed by atoms with Gasteiger partial charge < -0.3 is 15.8 Å². The Morgan fingerprint density at radius 2 is 1.95 bits per heavy atom. The van der Waals surface area contributed by atoms with Crippen molar-refractivity contribution in [1.29, 1.82) is 0 Å². The van der Waals surface area contributed by atoms with Crippen molar-refractivity contribution in [3.8, 4) is 0 Å². The van der Waals surface area contributed by atoms with Gasteiger partial charge in [-0.2, -0.15) is 0 Å². The van der Waals surface area contributed by atoms with Crippen LogP contribution in [0, 0.1) is 0 Å². The Balaban J connectivity index is 2.08. The lowest BCUT2D eigenvalue weighted by Gasteiger charge is -2.10. The van der Waals surface area contributed by atoms with Gasteiger partial charge in [-0.3, -0.25) is 9.59 Å². The maximum absolute atomic E-state index is 11.7. The predicted octanol–water partition coefficient (Wildman–Crippen LogP) is 1.41. The first-order valence-corrected chi connectivity index (χ1v) is 7.36. The molecule has 0 saturated heterocycles. The molecule has 116 valence electrons. The summed E-state index contributed by atoms with van der Waals surface area (Å²) in [6.07, 6.45) is 2.55. The second kappa shape index (κ2) is 9.94. The van der Waals surface area contributed by atoms with Gasteiger partial charge in [-0.25, -0.2) is 0 Å². The molecule has 1 rings (SSSR count). The van der Waals surface area contributed by atoms with Crippen molar-refractivity contribution in [2.24, 2.45) is 5.73 Å². The summed E-state index contributed by atoms with van der Waals surface area (Å²) in [5.41, 5.74) is 6.68. The SMILES string of the molecule is CCOC(=O)[C@@H](N)CCCCNC(=O)Cc1ccccc1. The molecule has 1 amide bonds. The van der Waals surface area contributed by atoms with Crippen LogP contribution in [0.5, 0.6) is 0 Å². The molecule has 0 unspecified atom stereocenters. The summed E-state index contributed by atoms with van der Waals surface area (Å²) in [6.45, 7) is 2.70. The zero-order valence-electron chi connectivity index (χ0n) is 12.5. The molecule has 0 bridgehead atoms. The van der Waals surface area contributed by atoms with E-state index in [2.05, 4.69) is 5.32 Å². The molecule has 0 saturated carbocycles. The number of hydrogen-bond donors (Lipinski definition) is 2. The van der Waals surface area contributed by atoms with Gasteiger partial charge in [0, 0.05) is 6.54 Å². The first-order chi connectivity index (χ1) is 10.1. The van der Waals surface area contributed by atoms with Crippen molar-refractivity contribution in [3.05, 3.63) is 35.9 Å². The third-order valence-electron chi connectivity index (χ3n) is 3.06. The number of esters is 1. The van der Waals surface area contributed by atoms with Crippen LogP contribution in [0.1, 0.15) is 31.7 Å². The number of benzene rings is 1. The second-order valence-electron chi connectivity index (χ2n) is 4.87.